The SMILES string of the molecule is CCNC(=O)c1c(O)nc(C(C)(C)C)nc1O. The lowest BCUT2D eigenvalue weighted by Gasteiger charge is -2.17. The summed E-state index contributed by atoms with van der Waals surface area (Å²) in [5.74, 6) is -1.33. The molecule has 0 atom stereocenters. The number of amides is 1. The highest BCUT2D eigenvalue weighted by molar-refractivity contribution is 5.98. The third-order valence-electron chi connectivity index (χ3n) is 2.11. The maximum absolute atomic E-state index is 11.5. The first-order valence-electron chi connectivity index (χ1n) is 5.36. The molecule has 0 saturated carbocycles. The first kappa shape index (κ1) is 13.2. The molecule has 1 heterocycles. The van der Waals surface area contributed by atoms with Gasteiger partial charge in [-0.3, -0.25) is 4.79 Å². The summed E-state index contributed by atoms with van der Waals surface area (Å²) in [4.78, 5) is 19.2. The van der Waals surface area contributed by atoms with Gasteiger partial charge in [0.25, 0.3) is 5.91 Å². The molecule has 0 fully saturated rings. The van der Waals surface area contributed by atoms with E-state index in [1.807, 2.05) is 20.8 Å². The van der Waals surface area contributed by atoms with Crippen LogP contribution >= 0.6 is 0 Å². The van der Waals surface area contributed by atoms with Gasteiger partial charge in [0.2, 0.25) is 11.8 Å². The molecule has 0 spiro atoms. The maximum Gasteiger partial charge on any atom is 0.262 e. The summed E-state index contributed by atoms with van der Waals surface area (Å²) >= 11 is 0. The van der Waals surface area contributed by atoms with Crippen molar-refractivity contribution in [2.24, 2.45) is 0 Å². The third-order valence-corrected chi connectivity index (χ3v) is 2.11. The van der Waals surface area contributed by atoms with Crippen LogP contribution in [0.15, 0.2) is 0 Å². The van der Waals surface area contributed by atoms with Gasteiger partial charge in [-0.2, -0.15) is 9.97 Å². The van der Waals surface area contributed by atoms with Crippen LogP contribution < -0.4 is 5.32 Å². The molecule has 1 aromatic rings. The zero-order chi connectivity index (χ0) is 13.2. The molecule has 0 aliphatic rings. The highest BCUT2D eigenvalue weighted by Gasteiger charge is 2.25. The number of aromatic hydroxyl groups is 2. The molecule has 17 heavy (non-hydrogen) atoms. The first-order valence-corrected chi connectivity index (χ1v) is 5.36. The van der Waals surface area contributed by atoms with Crippen molar-refractivity contribution in [2.75, 3.05) is 6.54 Å². The van der Waals surface area contributed by atoms with Crippen LogP contribution in [-0.2, 0) is 5.41 Å². The summed E-state index contributed by atoms with van der Waals surface area (Å²) < 4.78 is 0. The Hall–Kier alpha value is -1.85. The number of hydrogen-bond acceptors (Lipinski definition) is 5. The van der Waals surface area contributed by atoms with Crippen LogP contribution in [0.1, 0.15) is 43.9 Å². The molecule has 0 saturated heterocycles. The van der Waals surface area contributed by atoms with Crippen molar-refractivity contribution < 1.29 is 15.0 Å². The minimum atomic E-state index is -0.594. The van der Waals surface area contributed by atoms with Gasteiger partial charge in [-0.1, -0.05) is 20.8 Å². The molecule has 1 rings (SSSR count). The maximum atomic E-state index is 11.5. The van der Waals surface area contributed by atoms with Gasteiger partial charge in [0.1, 0.15) is 5.82 Å². The Balaban J connectivity index is 3.25. The van der Waals surface area contributed by atoms with Gasteiger partial charge in [0.05, 0.1) is 0 Å². The second-order valence-electron chi connectivity index (χ2n) is 4.68. The van der Waals surface area contributed by atoms with E-state index in [4.69, 9.17) is 0 Å². The van der Waals surface area contributed by atoms with E-state index in [1.165, 1.54) is 0 Å². The molecular weight excluding hydrogens is 222 g/mol. The third kappa shape index (κ3) is 2.83. The molecule has 0 aromatic carbocycles. The molecular formula is C11H17N3O3. The Kier molecular flexibility index (Phi) is 3.55. The fourth-order valence-electron chi connectivity index (χ4n) is 1.22. The first-order chi connectivity index (χ1) is 7.77. The van der Waals surface area contributed by atoms with Gasteiger partial charge in [0, 0.05) is 12.0 Å². The number of nitrogens with zero attached hydrogens (tertiary/aromatic N) is 2. The van der Waals surface area contributed by atoms with Gasteiger partial charge in [0.15, 0.2) is 5.56 Å². The smallest absolute Gasteiger partial charge is 0.262 e. The Bertz CT molecular complexity index is 415. The molecule has 94 valence electrons. The summed E-state index contributed by atoms with van der Waals surface area (Å²) in [6.07, 6.45) is 0. The minimum absolute atomic E-state index is 0.278. The van der Waals surface area contributed by atoms with Crippen molar-refractivity contribution in [3.05, 3.63) is 11.4 Å². The number of rotatable bonds is 2. The highest BCUT2D eigenvalue weighted by atomic mass is 16.3. The summed E-state index contributed by atoms with van der Waals surface area (Å²) in [5.41, 5.74) is -0.714. The van der Waals surface area contributed by atoms with Crippen LogP contribution in [-0.4, -0.2) is 32.6 Å². The number of hydrogen-bond donors (Lipinski definition) is 3. The van der Waals surface area contributed by atoms with Crippen LogP contribution in [0.2, 0.25) is 0 Å². The van der Waals surface area contributed by atoms with E-state index in [0.29, 0.717) is 6.54 Å². The van der Waals surface area contributed by atoms with Crippen molar-refractivity contribution in [1.29, 1.82) is 0 Å². The predicted octanol–water partition coefficient (Wildman–Crippen LogP) is 0.935. The number of carbonyl (C=O) groups is 1. The average Bonchev–Trinajstić information content (AvgIpc) is 2.15. The zero-order valence-electron chi connectivity index (χ0n) is 10.4. The van der Waals surface area contributed by atoms with Crippen LogP contribution in [0.5, 0.6) is 11.8 Å². The lowest BCUT2D eigenvalue weighted by atomic mass is 9.95. The molecule has 6 heteroatoms. The van der Waals surface area contributed by atoms with Crippen molar-refractivity contribution in [1.82, 2.24) is 15.3 Å². The number of carbonyl (C=O) groups excluding carboxylic acids is 1. The highest BCUT2D eigenvalue weighted by Crippen LogP contribution is 2.27. The van der Waals surface area contributed by atoms with Gasteiger partial charge < -0.3 is 15.5 Å². The van der Waals surface area contributed by atoms with Gasteiger partial charge in [-0.25, -0.2) is 0 Å². The van der Waals surface area contributed by atoms with E-state index in [0.717, 1.165) is 0 Å². The average molecular weight is 239 g/mol. The van der Waals surface area contributed by atoms with Gasteiger partial charge in [-0.05, 0) is 6.92 Å². The normalized spacial score (nSPS) is 11.3. The molecule has 1 aromatic heterocycles. The van der Waals surface area contributed by atoms with Gasteiger partial charge in [-0.15, -0.1) is 0 Å². The molecule has 6 nitrogen and oxygen atoms in total. The van der Waals surface area contributed by atoms with Gasteiger partial charge >= 0.3 is 0 Å². The summed E-state index contributed by atoms with van der Waals surface area (Å²) in [7, 11) is 0. The van der Waals surface area contributed by atoms with E-state index in [-0.39, 0.29) is 11.4 Å². The van der Waals surface area contributed by atoms with E-state index < -0.39 is 23.1 Å². The predicted molar refractivity (Wildman–Crippen MR) is 62.1 cm³/mol. The van der Waals surface area contributed by atoms with Crippen LogP contribution in [0.25, 0.3) is 0 Å². The van der Waals surface area contributed by atoms with Crippen LogP contribution in [0, 0.1) is 0 Å². The fourth-order valence-corrected chi connectivity index (χ4v) is 1.22. The number of nitrogens with one attached hydrogen (secondary N) is 1. The van der Waals surface area contributed by atoms with Crippen molar-refractivity contribution >= 4 is 5.91 Å². The van der Waals surface area contributed by atoms with Crippen molar-refractivity contribution in [3.8, 4) is 11.8 Å². The Morgan fingerprint density at radius 3 is 2.06 bits per heavy atom. The zero-order valence-corrected chi connectivity index (χ0v) is 10.4. The van der Waals surface area contributed by atoms with Crippen molar-refractivity contribution in [3.63, 3.8) is 0 Å². The number of aromatic nitrogens is 2. The van der Waals surface area contributed by atoms with Crippen LogP contribution in [0.4, 0.5) is 0 Å². The standard InChI is InChI=1S/C11H17N3O3/c1-5-12-7(15)6-8(16)13-10(11(2,3)4)14-9(6)17/h5H2,1-4H3,(H,12,15)(H2,13,14,16,17). The van der Waals surface area contributed by atoms with E-state index in [1.54, 1.807) is 6.92 Å². The van der Waals surface area contributed by atoms with Crippen LogP contribution in [0.3, 0.4) is 0 Å². The molecule has 0 unspecified atom stereocenters. The second-order valence-corrected chi connectivity index (χ2v) is 4.68. The minimum Gasteiger partial charge on any atom is -0.493 e. The quantitative estimate of drug-likeness (QED) is 0.713. The monoisotopic (exact) mass is 239 g/mol. The topological polar surface area (TPSA) is 95.3 Å². The Morgan fingerprint density at radius 1 is 1.24 bits per heavy atom. The summed E-state index contributed by atoms with van der Waals surface area (Å²) in [6.45, 7) is 7.64. The molecule has 0 aliphatic carbocycles. The molecule has 0 bridgehead atoms. The fraction of sp³-hybridized carbons (Fsp3) is 0.545. The largest absolute Gasteiger partial charge is 0.493 e. The molecule has 1 amide bonds. The Labute approximate surface area is 99.7 Å². The van der Waals surface area contributed by atoms with E-state index in [9.17, 15) is 15.0 Å². The summed E-state index contributed by atoms with van der Waals surface area (Å²) in [6, 6.07) is 0. The molecule has 0 radical (unpaired) electrons. The summed E-state index contributed by atoms with van der Waals surface area (Å²) in [5, 5.41) is 21.8. The molecule has 0 aliphatic heterocycles. The Morgan fingerprint density at radius 2 is 1.71 bits per heavy atom. The lowest BCUT2D eigenvalue weighted by Crippen LogP contribution is -2.24. The second kappa shape index (κ2) is 4.57. The van der Waals surface area contributed by atoms with E-state index >= 15 is 0 Å². The van der Waals surface area contributed by atoms with Crippen molar-refractivity contribution in [2.45, 2.75) is 33.1 Å². The van der Waals surface area contributed by atoms with E-state index in [2.05, 4.69) is 15.3 Å². The lowest BCUT2D eigenvalue weighted by molar-refractivity contribution is 0.0948. The molecule has 3 N–H and O–H groups in total.